The van der Waals surface area contributed by atoms with E-state index in [2.05, 4.69) is 4.98 Å². The molecule has 1 aromatic rings. The van der Waals surface area contributed by atoms with E-state index in [9.17, 15) is 4.79 Å². The number of rotatable bonds is 9. The molecule has 0 radical (unpaired) electrons. The quantitative estimate of drug-likeness (QED) is 0.676. The van der Waals surface area contributed by atoms with Crippen molar-refractivity contribution in [1.29, 1.82) is 0 Å². The average Bonchev–Trinajstić information content (AvgIpc) is 2.85. The molecule has 6 nitrogen and oxygen atoms in total. The molecule has 19 heavy (non-hydrogen) atoms. The van der Waals surface area contributed by atoms with Crippen LogP contribution in [0.1, 0.15) is 22.4 Å². The lowest BCUT2D eigenvalue weighted by molar-refractivity contribution is 0.0525. The lowest BCUT2D eigenvalue weighted by Crippen LogP contribution is -2.30. The molecular weight excluding hydrogens is 268 g/mol. The minimum atomic E-state index is -0.385. The van der Waals surface area contributed by atoms with Crippen LogP contribution in [0.3, 0.4) is 0 Å². The summed E-state index contributed by atoms with van der Waals surface area (Å²) in [5, 5.41) is 11.2. The summed E-state index contributed by atoms with van der Waals surface area (Å²) in [4.78, 5) is 17.8. The van der Waals surface area contributed by atoms with Gasteiger partial charge in [0.25, 0.3) is 0 Å². The van der Waals surface area contributed by atoms with E-state index in [4.69, 9.17) is 14.6 Å². The molecule has 1 aromatic heterocycles. The maximum atomic E-state index is 11.5. The van der Waals surface area contributed by atoms with Crippen molar-refractivity contribution >= 4 is 17.3 Å². The SMILES string of the molecule is CCOC(=O)c1nc(CN(CCO)CCOC)cs1. The van der Waals surface area contributed by atoms with E-state index in [1.54, 1.807) is 14.0 Å². The molecule has 1 N–H and O–H groups in total. The second-order valence-electron chi connectivity index (χ2n) is 3.86. The van der Waals surface area contributed by atoms with Crippen molar-refractivity contribution < 1.29 is 19.4 Å². The summed E-state index contributed by atoms with van der Waals surface area (Å²) in [5.74, 6) is -0.385. The Kier molecular flexibility index (Phi) is 7.57. The highest BCUT2D eigenvalue weighted by Crippen LogP contribution is 2.13. The van der Waals surface area contributed by atoms with Crippen LogP contribution in [0.15, 0.2) is 5.38 Å². The van der Waals surface area contributed by atoms with Gasteiger partial charge in [0, 0.05) is 32.1 Å². The zero-order chi connectivity index (χ0) is 14.1. The van der Waals surface area contributed by atoms with Gasteiger partial charge in [0.2, 0.25) is 5.01 Å². The Morgan fingerprint density at radius 2 is 2.32 bits per heavy atom. The fourth-order valence-electron chi connectivity index (χ4n) is 1.53. The molecule has 0 aromatic carbocycles. The van der Waals surface area contributed by atoms with Gasteiger partial charge in [0.05, 0.1) is 25.5 Å². The molecule has 0 amide bonds. The third-order valence-electron chi connectivity index (χ3n) is 2.42. The van der Waals surface area contributed by atoms with Gasteiger partial charge < -0.3 is 14.6 Å². The molecule has 0 atom stereocenters. The van der Waals surface area contributed by atoms with E-state index in [-0.39, 0.29) is 12.6 Å². The maximum Gasteiger partial charge on any atom is 0.367 e. The first kappa shape index (κ1) is 16.0. The van der Waals surface area contributed by atoms with Crippen molar-refractivity contribution in [3.63, 3.8) is 0 Å². The van der Waals surface area contributed by atoms with Crippen molar-refractivity contribution in [3.8, 4) is 0 Å². The number of aliphatic hydroxyl groups is 1. The van der Waals surface area contributed by atoms with Crippen molar-refractivity contribution in [2.75, 3.05) is 40.0 Å². The average molecular weight is 288 g/mol. The molecule has 0 saturated heterocycles. The summed E-state index contributed by atoms with van der Waals surface area (Å²) in [6, 6.07) is 0. The summed E-state index contributed by atoms with van der Waals surface area (Å²) in [5.41, 5.74) is 0.803. The summed E-state index contributed by atoms with van der Waals surface area (Å²) >= 11 is 1.28. The van der Waals surface area contributed by atoms with E-state index >= 15 is 0 Å². The third kappa shape index (κ3) is 5.65. The molecule has 1 rings (SSSR count). The van der Waals surface area contributed by atoms with Crippen molar-refractivity contribution in [1.82, 2.24) is 9.88 Å². The Bertz CT molecular complexity index is 384. The van der Waals surface area contributed by atoms with E-state index in [0.717, 1.165) is 5.69 Å². The fourth-order valence-corrected chi connectivity index (χ4v) is 2.23. The maximum absolute atomic E-state index is 11.5. The highest BCUT2D eigenvalue weighted by Gasteiger charge is 2.14. The first-order chi connectivity index (χ1) is 9.21. The van der Waals surface area contributed by atoms with Crippen LogP contribution in [0.4, 0.5) is 0 Å². The van der Waals surface area contributed by atoms with E-state index in [0.29, 0.717) is 37.9 Å². The zero-order valence-electron chi connectivity index (χ0n) is 11.3. The monoisotopic (exact) mass is 288 g/mol. The number of ether oxygens (including phenoxy) is 2. The van der Waals surface area contributed by atoms with Crippen molar-refractivity contribution in [2.24, 2.45) is 0 Å². The number of carbonyl (C=O) groups is 1. The van der Waals surface area contributed by atoms with Crippen molar-refractivity contribution in [3.05, 3.63) is 16.1 Å². The predicted molar refractivity (Wildman–Crippen MR) is 72.3 cm³/mol. The number of hydrogen-bond donors (Lipinski definition) is 1. The number of carbonyl (C=O) groups excluding carboxylic acids is 1. The molecule has 0 saturated carbocycles. The van der Waals surface area contributed by atoms with Gasteiger partial charge in [-0.3, -0.25) is 4.90 Å². The molecule has 0 bridgehead atoms. The van der Waals surface area contributed by atoms with Crippen LogP contribution >= 0.6 is 11.3 Å². The Labute approximate surface area is 117 Å². The number of aliphatic hydroxyl groups excluding tert-OH is 1. The topological polar surface area (TPSA) is 71.9 Å². The molecule has 0 aliphatic heterocycles. The van der Waals surface area contributed by atoms with Gasteiger partial charge in [-0.1, -0.05) is 0 Å². The van der Waals surface area contributed by atoms with Gasteiger partial charge in [-0.2, -0.15) is 0 Å². The summed E-state index contributed by atoms with van der Waals surface area (Å²) in [7, 11) is 1.64. The van der Waals surface area contributed by atoms with Gasteiger partial charge in [-0.05, 0) is 6.92 Å². The number of aromatic nitrogens is 1. The molecule has 0 spiro atoms. The predicted octanol–water partition coefficient (Wildman–Crippen LogP) is 0.761. The summed E-state index contributed by atoms with van der Waals surface area (Å²) < 4.78 is 9.91. The fraction of sp³-hybridized carbons (Fsp3) is 0.667. The van der Waals surface area contributed by atoms with Crippen LogP contribution in [0.5, 0.6) is 0 Å². The first-order valence-electron chi connectivity index (χ1n) is 6.15. The molecule has 0 aliphatic carbocycles. The highest BCUT2D eigenvalue weighted by atomic mass is 32.1. The molecule has 0 fully saturated rings. The largest absolute Gasteiger partial charge is 0.461 e. The smallest absolute Gasteiger partial charge is 0.367 e. The highest BCUT2D eigenvalue weighted by molar-refractivity contribution is 7.11. The molecule has 7 heteroatoms. The molecule has 0 aliphatic rings. The lowest BCUT2D eigenvalue weighted by Gasteiger charge is -2.19. The number of hydrogen-bond acceptors (Lipinski definition) is 7. The standard InChI is InChI=1S/C12H20N2O4S/c1-3-18-12(16)11-13-10(9-19-11)8-14(4-6-15)5-7-17-2/h9,15H,3-8H2,1-2H3. The van der Waals surface area contributed by atoms with Gasteiger partial charge in [-0.25, -0.2) is 9.78 Å². The van der Waals surface area contributed by atoms with Crippen LogP contribution in [0.25, 0.3) is 0 Å². The lowest BCUT2D eigenvalue weighted by atomic mass is 10.4. The summed E-state index contributed by atoms with van der Waals surface area (Å²) in [6.07, 6.45) is 0. The second-order valence-corrected chi connectivity index (χ2v) is 4.72. The van der Waals surface area contributed by atoms with Gasteiger partial charge >= 0.3 is 5.97 Å². The number of methoxy groups -OCH3 is 1. The number of nitrogens with zero attached hydrogens (tertiary/aromatic N) is 2. The Balaban J connectivity index is 2.56. The Morgan fingerprint density at radius 1 is 1.53 bits per heavy atom. The number of thiazole rings is 1. The van der Waals surface area contributed by atoms with E-state index in [1.807, 2.05) is 10.3 Å². The first-order valence-corrected chi connectivity index (χ1v) is 7.02. The van der Waals surface area contributed by atoms with Crippen LogP contribution in [0.2, 0.25) is 0 Å². The second kappa shape index (κ2) is 8.98. The summed E-state index contributed by atoms with van der Waals surface area (Å²) in [6.45, 7) is 4.63. The Morgan fingerprint density at radius 3 is 2.95 bits per heavy atom. The molecule has 0 unspecified atom stereocenters. The molecule has 108 valence electrons. The minimum absolute atomic E-state index is 0.0819. The van der Waals surface area contributed by atoms with Gasteiger partial charge in [0.15, 0.2) is 0 Å². The normalized spacial score (nSPS) is 10.9. The molecular formula is C12H20N2O4S. The number of esters is 1. The van der Waals surface area contributed by atoms with Gasteiger partial charge in [0.1, 0.15) is 0 Å². The van der Waals surface area contributed by atoms with Crippen LogP contribution in [0, 0.1) is 0 Å². The molecule has 1 heterocycles. The van der Waals surface area contributed by atoms with Crippen LogP contribution in [-0.2, 0) is 16.0 Å². The Hall–Kier alpha value is -1.02. The third-order valence-corrected chi connectivity index (χ3v) is 3.29. The zero-order valence-corrected chi connectivity index (χ0v) is 12.1. The van der Waals surface area contributed by atoms with Crippen LogP contribution in [-0.4, -0.2) is 61.0 Å². The van der Waals surface area contributed by atoms with Crippen molar-refractivity contribution in [2.45, 2.75) is 13.5 Å². The van der Waals surface area contributed by atoms with E-state index in [1.165, 1.54) is 11.3 Å². The van der Waals surface area contributed by atoms with Crippen LogP contribution < -0.4 is 0 Å². The van der Waals surface area contributed by atoms with E-state index < -0.39 is 0 Å². The minimum Gasteiger partial charge on any atom is -0.461 e. The van der Waals surface area contributed by atoms with Gasteiger partial charge in [-0.15, -0.1) is 11.3 Å².